The quantitative estimate of drug-likeness (QED) is 0.161. The van der Waals surface area contributed by atoms with Crippen LogP contribution in [0.2, 0.25) is 0 Å². The molecule has 0 aromatic heterocycles. The summed E-state index contributed by atoms with van der Waals surface area (Å²) in [5.41, 5.74) is 2.72. The Morgan fingerprint density at radius 2 is 0.758 bits per heavy atom. The van der Waals surface area contributed by atoms with E-state index in [0.29, 0.717) is 0 Å². The third kappa shape index (κ3) is 12.2. The van der Waals surface area contributed by atoms with Crippen molar-refractivity contribution in [3.05, 3.63) is 30.9 Å². The van der Waals surface area contributed by atoms with Gasteiger partial charge in [-0.2, -0.15) is 0 Å². The molecule has 1 aromatic carbocycles. The van der Waals surface area contributed by atoms with Gasteiger partial charge < -0.3 is 9.80 Å². The highest BCUT2D eigenvalue weighted by Crippen LogP contribution is 2.38. The lowest BCUT2D eigenvalue weighted by Crippen LogP contribution is -2.26. The van der Waals surface area contributed by atoms with Crippen molar-refractivity contribution >= 4 is 11.4 Å². The van der Waals surface area contributed by atoms with Crippen LogP contribution in [0.1, 0.15) is 142 Å². The van der Waals surface area contributed by atoms with Crippen LogP contribution in [0.25, 0.3) is 0 Å². The molecular weight excluding hydrogens is 400 g/mol. The molecule has 0 N–H and O–H groups in total. The number of nitrogens with zero attached hydrogens (tertiary/aromatic N) is 2. The number of fused-ring (bicyclic) bond motifs is 1. The molecule has 188 valence electrons. The first kappa shape index (κ1) is 28.1. The van der Waals surface area contributed by atoms with Gasteiger partial charge in [0.2, 0.25) is 6.67 Å². The predicted molar refractivity (Wildman–Crippen MR) is 148 cm³/mol. The molecule has 1 aromatic rings. The smallest absolute Gasteiger partial charge is 0.208 e. The van der Waals surface area contributed by atoms with Crippen LogP contribution in [0, 0.1) is 6.67 Å². The normalized spacial score (nSPS) is 13.2. The Balaban J connectivity index is 1.53. The van der Waals surface area contributed by atoms with Gasteiger partial charge >= 0.3 is 0 Å². The Morgan fingerprint density at radius 3 is 1.09 bits per heavy atom. The highest BCUT2D eigenvalue weighted by Gasteiger charge is 2.26. The highest BCUT2D eigenvalue weighted by atomic mass is 15.4. The molecular formula is C31H54N2. The van der Waals surface area contributed by atoms with Crippen LogP contribution >= 0.6 is 0 Å². The van der Waals surface area contributed by atoms with Crippen molar-refractivity contribution in [3.8, 4) is 0 Å². The second-order valence-corrected chi connectivity index (χ2v) is 10.3. The summed E-state index contributed by atoms with van der Waals surface area (Å²) in [6.45, 7) is 10.5. The van der Waals surface area contributed by atoms with E-state index in [4.69, 9.17) is 0 Å². The van der Waals surface area contributed by atoms with Gasteiger partial charge in [-0.25, -0.2) is 0 Å². The number of anilines is 2. The summed E-state index contributed by atoms with van der Waals surface area (Å²) in [5, 5.41) is 0. The molecule has 0 amide bonds. The minimum atomic E-state index is 1.11. The Hall–Kier alpha value is -1.18. The maximum atomic E-state index is 3.68. The number of para-hydroxylation sites is 2. The second-order valence-electron chi connectivity index (χ2n) is 10.3. The van der Waals surface area contributed by atoms with Crippen molar-refractivity contribution < 1.29 is 0 Å². The van der Waals surface area contributed by atoms with E-state index in [1.165, 1.54) is 140 Å². The van der Waals surface area contributed by atoms with E-state index in [9.17, 15) is 0 Å². The molecule has 2 nitrogen and oxygen atoms in total. The zero-order valence-corrected chi connectivity index (χ0v) is 22.3. The third-order valence-electron chi connectivity index (χ3n) is 7.18. The van der Waals surface area contributed by atoms with E-state index in [-0.39, 0.29) is 0 Å². The zero-order chi connectivity index (χ0) is 23.4. The van der Waals surface area contributed by atoms with Crippen LogP contribution in [0.15, 0.2) is 24.3 Å². The van der Waals surface area contributed by atoms with E-state index in [2.05, 4.69) is 54.6 Å². The minimum absolute atomic E-state index is 1.11. The van der Waals surface area contributed by atoms with Crippen LogP contribution in [0.3, 0.4) is 0 Å². The average Bonchev–Trinajstić information content (AvgIpc) is 3.19. The largest absolute Gasteiger partial charge is 0.340 e. The Labute approximate surface area is 207 Å². The SMILES string of the molecule is CCCCCCCCCCCCN1[C]N(CCCCCCCCCCCC)c2ccccc21. The van der Waals surface area contributed by atoms with Gasteiger partial charge in [0.25, 0.3) is 0 Å². The fourth-order valence-electron chi connectivity index (χ4n) is 5.03. The molecule has 33 heavy (non-hydrogen) atoms. The summed E-state index contributed by atoms with van der Waals surface area (Å²) in [4.78, 5) is 4.77. The zero-order valence-electron chi connectivity index (χ0n) is 22.3. The Bertz CT molecular complexity index is 521. The van der Waals surface area contributed by atoms with Crippen LogP contribution in [-0.2, 0) is 0 Å². The number of benzene rings is 1. The maximum absolute atomic E-state index is 3.68. The van der Waals surface area contributed by atoms with Gasteiger partial charge in [0.05, 0.1) is 11.4 Å². The Morgan fingerprint density at radius 1 is 0.455 bits per heavy atom. The van der Waals surface area contributed by atoms with Gasteiger partial charge in [-0.1, -0.05) is 142 Å². The van der Waals surface area contributed by atoms with Gasteiger partial charge in [-0.15, -0.1) is 0 Å². The molecule has 0 saturated heterocycles. The van der Waals surface area contributed by atoms with Gasteiger partial charge in [0.15, 0.2) is 0 Å². The van der Waals surface area contributed by atoms with E-state index in [1.807, 2.05) is 0 Å². The number of unbranched alkanes of at least 4 members (excludes halogenated alkanes) is 18. The first-order valence-electron chi connectivity index (χ1n) is 14.8. The molecule has 0 fully saturated rings. The van der Waals surface area contributed by atoms with Gasteiger partial charge in [-0.05, 0) is 25.0 Å². The molecule has 1 aliphatic rings. The summed E-state index contributed by atoms with van der Waals surface area (Å²) in [6, 6.07) is 8.90. The summed E-state index contributed by atoms with van der Waals surface area (Å²) in [6.07, 6.45) is 27.9. The van der Waals surface area contributed by atoms with Crippen LogP contribution < -0.4 is 9.80 Å². The molecule has 1 aliphatic heterocycles. The lowest BCUT2D eigenvalue weighted by atomic mass is 10.1. The monoisotopic (exact) mass is 454 g/mol. The average molecular weight is 455 g/mol. The van der Waals surface area contributed by atoms with E-state index in [0.717, 1.165) is 13.1 Å². The molecule has 2 heteroatoms. The Kier molecular flexibility index (Phi) is 16.3. The molecule has 1 heterocycles. The molecule has 2 rings (SSSR count). The summed E-state index contributed by atoms with van der Waals surface area (Å²) in [5.74, 6) is 0. The summed E-state index contributed by atoms with van der Waals surface area (Å²) < 4.78 is 0. The number of hydrogen-bond acceptors (Lipinski definition) is 2. The van der Waals surface area contributed by atoms with Crippen molar-refractivity contribution in [2.75, 3.05) is 22.9 Å². The topological polar surface area (TPSA) is 6.48 Å². The summed E-state index contributed by atoms with van der Waals surface area (Å²) >= 11 is 0. The molecule has 0 atom stereocenters. The third-order valence-corrected chi connectivity index (χ3v) is 7.18. The first-order valence-corrected chi connectivity index (χ1v) is 14.8. The van der Waals surface area contributed by atoms with E-state index in [1.54, 1.807) is 0 Å². The molecule has 0 aliphatic carbocycles. The molecule has 0 spiro atoms. The van der Waals surface area contributed by atoms with Gasteiger partial charge in [-0.3, -0.25) is 0 Å². The minimum Gasteiger partial charge on any atom is -0.340 e. The molecule has 2 radical (unpaired) electrons. The van der Waals surface area contributed by atoms with Crippen LogP contribution in [0.5, 0.6) is 0 Å². The lowest BCUT2D eigenvalue weighted by molar-refractivity contribution is 0.554. The molecule has 0 unspecified atom stereocenters. The van der Waals surface area contributed by atoms with Crippen molar-refractivity contribution in [3.63, 3.8) is 0 Å². The standard InChI is InChI=1S/C31H54N2/c1-3-5-7-9-11-13-15-17-19-23-27-32-29-33(31-26-22-21-25-30(31)32)28-24-20-18-16-14-12-10-8-6-4-2/h21-22,25-26H,3-20,23-24,27-28H2,1-2H3. The predicted octanol–water partition coefficient (Wildman–Crippen LogP) is 10.2. The van der Waals surface area contributed by atoms with E-state index < -0.39 is 0 Å². The highest BCUT2D eigenvalue weighted by molar-refractivity contribution is 5.78. The summed E-state index contributed by atoms with van der Waals surface area (Å²) in [7, 11) is 0. The fraction of sp³-hybridized carbons (Fsp3) is 0.774. The number of rotatable bonds is 22. The molecule has 0 bridgehead atoms. The van der Waals surface area contributed by atoms with Crippen LogP contribution in [0.4, 0.5) is 11.4 Å². The van der Waals surface area contributed by atoms with Crippen molar-refractivity contribution in [2.45, 2.75) is 142 Å². The maximum Gasteiger partial charge on any atom is 0.208 e. The lowest BCUT2D eigenvalue weighted by Gasteiger charge is -2.19. The van der Waals surface area contributed by atoms with Crippen molar-refractivity contribution in [2.24, 2.45) is 0 Å². The first-order chi connectivity index (χ1) is 16.4. The van der Waals surface area contributed by atoms with Crippen molar-refractivity contribution in [1.82, 2.24) is 0 Å². The number of hydrogen-bond donors (Lipinski definition) is 0. The van der Waals surface area contributed by atoms with Crippen LogP contribution in [-0.4, -0.2) is 13.1 Å². The fourth-order valence-corrected chi connectivity index (χ4v) is 5.03. The van der Waals surface area contributed by atoms with E-state index >= 15 is 0 Å². The second kappa shape index (κ2) is 19.2. The van der Waals surface area contributed by atoms with Gasteiger partial charge in [0, 0.05) is 13.1 Å². The molecule has 0 saturated carbocycles. The van der Waals surface area contributed by atoms with Crippen molar-refractivity contribution in [1.29, 1.82) is 0 Å². The van der Waals surface area contributed by atoms with Gasteiger partial charge in [0.1, 0.15) is 0 Å².